The highest BCUT2D eigenvalue weighted by molar-refractivity contribution is 6.23. The molecule has 0 aromatic heterocycles. The summed E-state index contributed by atoms with van der Waals surface area (Å²) in [5.74, 6) is -0.213. The lowest BCUT2D eigenvalue weighted by Crippen LogP contribution is -2.58. The number of rotatable bonds is 8. The fourth-order valence-corrected chi connectivity index (χ4v) is 1.82. The number of morpholine rings is 1. The van der Waals surface area contributed by atoms with Crippen molar-refractivity contribution in [2.45, 2.75) is 12.1 Å². The fourth-order valence-electron chi connectivity index (χ4n) is 1.82. The molecule has 0 aromatic carbocycles. The van der Waals surface area contributed by atoms with Crippen LogP contribution in [0.15, 0.2) is 17.4 Å². The Morgan fingerprint density at radius 1 is 1.68 bits per heavy atom. The second kappa shape index (κ2) is 9.73. The summed E-state index contributed by atoms with van der Waals surface area (Å²) in [7, 11) is 1.78. The molecular formula is C13H21N5O4. The minimum Gasteiger partial charge on any atom is -0.472 e. The number of likely N-dealkylation sites (N-methyl/N-ethyl adjacent to an activating group) is 1. The Kier molecular flexibility index (Phi) is 7.91. The maximum absolute atomic E-state index is 10.7. The number of nitrogens with one attached hydrogen (secondary N) is 1. The molecular weight excluding hydrogens is 290 g/mol. The van der Waals surface area contributed by atoms with E-state index in [4.69, 9.17) is 25.3 Å². The lowest BCUT2D eigenvalue weighted by molar-refractivity contribution is -0.158. The van der Waals surface area contributed by atoms with Crippen molar-refractivity contribution in [3.05, 3.63) is 12.3 Å². The first-order valence-corrected chi connectivity index (χ1v) is 6.79. The highest BCUT2D eigenvalue weighted by Gasteiger charge is 2.35. The van der Waals surface area contributed by atoms with E-state index in [0.29, 0.717) is 19.4 Å². The molecule has 0 aromatic rings. The number of oxime groups is 1. The van der Waals surface area contributed by atoms with E-state index in [1.54, 1.807) is 18.0 Å². The van der Waals surface area contributed by atoms with Crippen molar-refractivity contribution in [3.63, 3.8) is 0 Å². The van der Waals surface area contributed by atoms with Crippen LogP contribution in [0.5, 0.6) is 0 Å². The van der Waals surface area contributed by atoms with Crippen LogP contribution in [0.2, 0.25) is 0 Å². The Balaban J connectivity index is 2.53. The molecule has 9 nitrogen and oxygen atoms in total. The number of ether oxygens (including phenoxy) is 2. The van der Waals surface area contributed by atoms with Gasteiger partial charge in [0.2, 0.25) is 6.29 Å². The van der Waals surface area contributed by atoms with E-state index >= 15 is 0 Å². The molecule has 1 aliphatic heterocycles. The number of hydrogen-bond donors (Lipinski definition) is 2. The van der Waals surface area contributed by atoms with Gasteiger partial charge in [-0.15, -0.1) is 0 Å². The Morgan fingerprint density at radius 2 is 2.50 bits per heavy atom. The first kappa shape index (κ1) is 17.9. The first-order chi connectivity index (χ1) is 10.7. The summed E-state index contributed by atoms with van der Waals surface area (Å²) in [5.41, 5.74) is 4.74. The third-order valence-corrected chi connectivity index (χ3v) is 2.98. The Morgan fingerprint density at radius 3 is 3.09 bits per heavy atom. The van der Waals surface area contributed by atoms with Gasteiger partial charge < -0.3 is 25.4 Å². The highest BCUT2D eigenvalue weighted by atomic mass is 16.7. The molecule has 1 atom stereocenters. The van der Waals surface area contributed by atoms with Gasteiger partial charge in [0, 0.05) is 13.1 Å². The highest BCUT2D eigenvalue weighted by Crippen LogP contribution is 2.19. The van der Waals surface area contributed by atoms with Crippen molar-refractivity contribution in [2.75, 3.05) is 40.1 Å². The standard InChI is InChI=1S/C13H21N5O4/c1-18(13(3-5-15)10-16-6-8-21-13)11-22-17-12(9-19)20-7-2-4-14/h3,5,9,16H,2,6-8,10-11,15H2,1H3/b5-3+,17-12+. The smallest absolute Gasteiger partial charge is 0.290 e. The summed E-state index contributed by atoms with van der Waals surface area (Å²) >= 11 is 0. The van der Waals surface area contributed by atoms with Gasteiger partial charge in [0.05, 0.1) is 19.1 Å². The van der Waals surface area contributed by atoms with Gasteiger partial charge in [0.25, 0.3) is 5.90 Å². The summed E-state index contributed by atoms with van der Waals surface area (Å²) in [4.78, 5) is 17.6. The molecule has 1 rings (SSSR count). The first-order valence-electron chi connectivity index (χ1n) is 6.79. The molecule has 0 spiro atoms. The molecule has 0 radical (unpaired) electrons. The average Bonchev–Trinajstić information content (AvgIpc) is 2.54. The molecule has 0 bridgehead atoms. The molecule has 1 heterocycles. The van der Waals surface area contributed by atoms with Crippen molar-refractivity contribution in [2.24, 2.45) is 10.9 Å². The van der Waals surface area contributed by atoms with Crippen molar-refractivity contribution in [3.8, 4) is 6.07 Å². The molecule has 1 unspecified atom stereocenters. The number of nitrogens with two attached hydrogens (primary N) is 1. The van der Waals surface area contributed by atoms with Crippen molar-refractivity contribution >= 4 is 12.2 Å². The molecule has 3 N–H and O–H groups in total. The number of carbonyl (C=O) groups excluding carboxylic acids is 1. The summed E-state index contributed by atoms with van der Waals surface area (Å²) in [6.45, 7) is 1.98. The summed E-state index contributed by atoms with van der Waals surface area (Å²) in [6.07, 6.45) is 3.72. The third-order valence-electron chi connectivity index (χ3n) is 2.98. The topological polar surface area (TPSA) is 122 Å². The zero-order valence-corrected chi connectivity index (χ0v) is 12.5. The van der Waals surface area contributed by atoms with Gasteiger partial charge in [-0.05, 0) is 24.5 Å². The zero-order chi connectivity index (χ0) is 16.3. The van der Waals surface area contributed by atoms with Crippen LogP contribution in [-0.2, 0) is 19.1 Å². The molecule has 9 heteroatoms. The van der Waals surface area contributed by atoms with E-state index in [9.17, 15) is 4.79 Å². The van der Waals surface area contributed by atoms with Crippen LogP contribution in [0, 0.1) is 11.3 Å². The predicted molar refractivity (Wildman–Crippen MR) is 78.3 cm³/mol. The quantitative estimate of drug-likeness (QED) is 0.148. The minimum absolute atomic E-state index is 0.0605. The van der Waals surface area contributed by atoms with Crippen LogP contribution < -0.4 is 11.1 Å². The van der Waals surface area contributed by atoms with E-state index in [1.165, 1.54) is 6.20 Å². The summed E-state index contributed by atoms with van der Waals surface area (Å²) < 4.78 is 10.7. The van der Waals surface area contributed by atoms with Crippen molar-refractivity contribution in [1.29, 1.82) is 5.26 Å². The van der Waals surface area contributed by atoms with Crippen molar-refractivity contribution < 1.29 is 19.1 Å². The Bertz CT molecular complexity index is 440. The molecule has 0 aliphatic carbocycles. The lowest BCUT2D eigenvalue weighted by Gasteiger charge is -2.41. The van der Waals surface area contributed by atoms with Gasteiger partial charge in [0.1, 0.15) is 6.61 Å². The fraction of sp³-hybridized carbons (Fsp3) is 0.615. The molecule has 1 fully saturated rings. The van der Waals surface area contributed by atoms with Gasteiger partial charge >= 0.3 is 0 Å². The van der Waals surface area contributed by atoms with Gasteiger partial charge in [-0.3, -0.25) is 4.79 Å². The molecule has 22 heavy (non-hydrogen) atoms. The second-order valence-corrected chi connectivity index (χ2v) is 4.49. The van der Waals surface area contributed by atoms with Gasteiger partial charge in [-0.1, -0.05) is 0 Å². The summed E-state index contributed by atoms with van der Waals surface area (Å²) in [6, 6.07) is 1.90. The minimum atomic E-state index is -0.731. The SMILES string of the molecule is CN(CO/N=C(\C=O)OCCC#N)C1(/C=C/N)CNCCO1. The molecule has 122 valence electrons. The van der Waals surface area contributed by atoms with Crippen LogP contribution >= 0.6 is 0 Å². The monoisotopic (exact) mass is 311 g/mol. The van der Waals surface area contributed by atoms with Crippen LogP contribution in [-0.4, -0.2) is 62.9 Å². The summed E-state index contributed by atoms with van der Waals surface area (Å²) in [5, 5.41) is 15.2. The van der Waals surface area contributed by atoms with Crippen LogP contribution in [0.25, 0.3) is 0 Å². The maximum atomic E-state index is 10.7. The maximum Gasteiger partial charge on any atom is 0.290 e. The second-order valence-electron chi connectivity index (χ2n) is 4.49. The lowest BCUT2D eigenvalue weighted by atomic mass is 10.1. The number of hydrogen-bond acceptors (Lipinski definition) is 9. The van der Waals surface area contributed by atoms with Crippen molar-refractivity contribution in [1.82, 2.24) is 10.2 Å². The van der Waals surface area contributed by atoms with E-state index in [-0.39, 0.29) is 25.7 Å². The van der Waals surface area contributed by atoms with Crippen LogP contribution in [0.1, 0.15) is 6.42 Å². The Hall–Kier alpha value is -2.15. The van der Waals surface area contributed by atoms with Gasteiger partial charge in [-0.2, -0.15) is 5.26 Å². The van der Waals surface area contributed by atoms with E-state index in [1.807, 2.05) is 6.07 Å². The van der Waals surface area contributed by atoms with E-state index < -0.39 is 5.72 Å². The van der Waals surface area contributed by atoms with Gasteiger partial charge in [0.15, 0.2) is 12.5 Å². The molecule has 0 amide bonds. The molecule has 0 saturated carbocycles. The number of aldehydes is 1. The number of nitriles is 1. The van der Waals surface area contributed by atoms with Crippen LogP contribution in [0.4, 0.5) is 0 Å². The van der Waals surface area contributed by atoms with Gasteiger partial charge in [-0.25, -0.2) is 4.90 Å². The predicted octanol–water partition coefficient (Wildman–Crippen LogP) is -0.877. The normalized spacial score (nSPS) is 22.5. The average molecular weight is 311 g/mol. The third kappa shape index (κ3) is 5.33. The molecule has 1 aliphatic rings. The molecule has 1 saturated heterocycles. The zero-order valence-electron chi connectivity index (χ0n) is 12.5. The van der Waals surface area contributed by atoms with Crippen LogP contribution in [0.3, 0.4) is 0 Å². The largest absolute Gasteiger partial charge is 0.472 e. The van der Waals surface area contributed by atoms with E-state index in [0.717, 1.165) is 6.54 Å². The Labute approximate surface area is 129 Å². The van der Waals surface area contributed by atoms with E-state index in [2.05, 4.69) is 10.5 Å². The number of carbonyl (C=O) groups is 1. The number of nitrogens with zero attached hydrogens (tertiary/aromatic N) is 3.